The van der Waals surface area contributed by atoms with Crippen molar-refractivity contribution in [2.45, 2.75) is 32.6 Å². The number of hydrogen-bond acceptors (Lipinski definition) is 4. The molecule has 2 N–H and O–H groups in total. The van der Waals surface area contributed by atoms with Gasteiger partial charge in [-0.1, -0.05) is 0 Å². The third kappa shape index (κ3) is 2.27. The van der Waals surface area contributed by atoms with Crippen LogP contribution in [0, 0.1) is 6.92 Å². The monoisotopic (exact) mass is 217 g/mol. The van der Waals surface area contributed by atoms with Crippen molar-refractivity contribution in [3.8, 4) is 0 Å². The van der Waals surface area contributed by atoms with Crippen molar-refractivity contribution in [1.29, 1.82) is 0 Å². The summed E-state index contributed by atoms with van der Waals surface area (Å²) in [6, 6.07) is 0. The van der Waals surface area contributed by atoms with E-state index in [2.05, 4.69) is 9.97 Å². The SMILES string of the molecule is C/C(N)=C/C(=O)c1cnc(C)nc1C1CC1. The Balaban J connectivity index is 2.39. The molecule has 2 rings (SSSR count). The molecule has 1 aliphatic carbocycles. The van der Waals surface area contributed by atoms with Crippen LogP contribution in [0.5, 0.6) is 0 Å². The summed E-state index contributed by atoms with van der Waals surface area (Å²) < 4.78 is 0. The molecule has 1 saturated carbocycles. The van der Waals surface area contributed by atoms with Gasteiger partial charge in [-0.05, 0) is 26.7 Å². The predicted molar refractivity (Wildman–Crippen MR) is 61.0 cm³/mol. The van der Waals surface area contributed by atoms with Gasteiger partial charge in [-0.15, -0.1) is 0 Å². The fraction of sp³-hybridized carbons (Fsp3) is 0.417. The van der Waals surface area contributed by atoms with E-state index in [0.29, 0.717) is 23.0 Å². The molecule has 0 bridgehead atoms. The lowest BCUT2D eigenvalue weighted by atomic mass is 10.1. The van der Waals surface area contributed by atoms with Crippen molar-refractivity contribution in [2.24, 2.45) is 5.73 Å². The molecule has 0 aliphatic heterocycles. The van der Waals surface area contributed by atoms with Gasteiger partial charge in [0.1, 0.15) is 5.82 Å². The molecular weight excluding hydrogens is 202 g/mol. The van der Waals surface area contributed by atoms with E-state index in [1.807, 2.05) is 6.92 Å². The summed E-state index contributed by atoms with van der Waals surface area (Å²) in [5.74, 6) is 1.06. The van der Waals surface area contributed by atoms with Crippen LogP contribution in [-0.2, 0) is 0 Å². The topological polar surface area (TPSA) is 68.9 Å². The van der Waals surface area contributed by atoms with Crippen LogP contribution < -0.4 is 5.73 Å². The number of aromatic nitrogens is 2. The maximum atomic E-state index is 11.9. The van der Waals surface area contributed by atoms with Crippen LogP contribution in [0.2, 0.25) is 0 Å². The van der Waals surface area contributed by atoms with E-state index in [1.54, 1.807) is 13.1 Å². The first kappa shape index (κ1) is 10.8. The number of ketones is 1. The van der Waals surface area contributed by atoms with Gasteiger partial charge in [0.25, 0.3) is 0 Å². The Bertz CT molecular complexity index is 457. The number of carbonyl (C=O) groups excluding carboxylic acids is 1. The number of allylic oxidation sites excluding steroid dienone is 2. The molecule has 4 heteroatoms. The number of nitrogens with two attached hydrogens (primary N) is 1. The van der Waals surface area contributed by atoms with Crippen LogP contribution >= 0.6 is 0 Å². The van der Waals surface area contributed by atoms with Gasteiger partial charge in [-0.25, -0.2) is 9.97 Å². The van der Waals surface area contributed by atoms with Crippen LogP contribution in [0.25, 0.3) is 0 Å². The number of rotatable bonds is 3. The summed E-state index contributed by atoms with van der Waals surface area (Å²) >= 11 is 0. The molecule has 0 atom stereocenters. The van der Waals surface area contributed by atoms with E-state index in [1.165, 1.54) is 6.08 Å². The maximum absolute atomic E-state index is 11.9. The molecule has 0 aromatic carbocycles. The quantitative estimate of drug-likeness (QED) is 0.618. The van der Waals surface area contributed by atoms with Crippen molar-refractivity contribution in [3.63, 3.8) is 0 Å². The molecular formula is C12H15N3O. The second-order valence-electron chi connectivity index (χ2n) is 4.24. The van der Waals surface area contributed by atoms with Crippen molar-refractivity contribution >= 4 is 5.78 Å². The summed E-state index contributed by atoms with van der Waals surface area (Å²) in [7, 11) is 0. The molecule has 16 heavy (non-hydrogen) atoms. The molecule has 1 aromatic rings. The zero-order valence-electron chi connectivity index (χ0n) is 9.53. The Hall–Kier alpha value is -1.71. The van der Waals surface area contributed by atoms with Crippen LogP contribution in [0.4, 0.5) is 0 Å². The Morgan fingerprint density at radius 3 is 2.81 bits per heavy atom. The van der Waals surface area contributed by atoms with Crippen LogP contribution in [0.15, 0.2) is 18.0 Å². The Morgan fingerprint density at radius 1 is 1.56 bits per heavy atom. The van der Waals surface area contributed by atoms with Gasteiger partial charge < -0.3 is 5.73 Å². The molecule has 1 heterocycles. The van der Waals surface area contributed by atoms with E-state index in [9.17, 15) is 4.79 Å². The average Bonchev–Trinajstić information content (AvgIpc) is 2.99. The highest BCUT2D eigenvalue weighted by atomic mass is 16.1. The Labute approximate surface area is 94.6 Å². The minimum Gasteiger partial charge on any atom is -0.402 e. The number of hydrogen-bond donors (Lipinski definition) is 1. The van der Waals surface area contributed by atoms with Crippen LogP contribution in [-0.4, -0.2) is 15.8 Å². The third-order valence-corrected chi connectivity index (χ3v) is 2.53. The number of aryl methyl sites for hydroxylation is 1. The minimum atomic E-state index is -0.0955. The Kier molecular flexibility index (Phi) is 2.73. The maximum Gasteiger partial charge on any atom is 0.190 e. The van der Waals surface area contributed by atoms with Gasteiger partial charge in [0.15, 0.2) is 5.78 Å². The molecule has 1 aromatic heterocycles. The zero-order valence-corrected chi connectivity index (χ0v) is 9.53. The van der Waals surface area contributed by atoms with Gasteiger partial charge in [0.05, 0.1) is 11.3 Å². The van der Waals surface area contributed by atoms with Crippen LogP contribution in [0.1, 0.15) is 47.6 Å². The second-order valence-corrected chi connectivity index (χ2v) is 4.24. The largest absolute Gasteiger partial charge is 0.402 e. The molecule has 0 radical (unpaired) electrons. The van der Waals surface area contributed by atoms with Crippen LogP contribution in [0.3, 0.4) is 0 Å². The normalized spacial score (nSPS) is 16.2. The number of carbonyl (C=O) groups is 1. The lowest BCUT2D eigenvalue weighted by Gasteiger charge is -2.05. The van der Waals surface area contributed by atoms with Crippen molar-refractivity contribution in [1.82, 2.24) is 9.97 Å². The van der Waals surface area contributed by atoms with Gasteiger partial charge in [-0.2, -0.15) is 0 Å². The van der Waals surface area contributed by atoms with Gasteiger partial charge in [-0.3, -0.25) is 4.79 Å². The third-order valence-electron chi connectivity index (χ3n) is 2.53. The molecule has 84 valence electrons. The highest BCUT2D eigenvalue weighted by molar-refractivity contribution is 6.05. The van der Waals surface area contributed by atoms with E-state index >= 15 is 0 Å². The predicted octanol–water partition coefficient (Wildman–Crippen LogP) is 1.71. The second kappa shape index (κ2) is 4.04. The summed E-state index contributed by atoms with van der Waals surface area (Å²) in [5, 5.41) is 0. The lowest BCUT2D eigenvalue weighted by molar-refractivity contribution is 0.104. The number of nitrogens with zero attached hydrogens (tertiary/aromatic N) is 2. The van der Waals surface area contributed by atoms with E-state index in [4.69, 9.17) is 5.73 Å². The van der Waals surface area contributed by atoms with E-state index in [0.717, 1.165) is 18.5 Å². The first-order chi connectivity index (χ1) is 7.58. The molecule has 4 nitrogen and oxygen atoms in total. The molecule has 1 fully saturated rings. The Morgan fingerprint density at radius 2 is 2.25 bits per heavy atom. The fourth-order valence-electron chi connectivity index (χ4n) is 1.63. The smallest absolute Gasteiger partial charge is 0.190 e. The molecule has 0 unspecified atom stereocenters. The average molecular weight is 217 g/mol. The highest BCUT2D eigenvalue weighted by Gasteiger charge is 2.29. The van der Waals surface area contributed by atoms with Gasteiger partial charge in [0.2, 0.25) is 0 Å². The molecule has 0 amide bonds. The standard InChI is InChI=1S/C12H15N3O/c1-7(13)5-11(16)10-6-14-8(2)15-12(10)9-3-4-9/h5-6,9H,3-4,13H2,1-2H3/b7-5-. The van der Waals surface area contributed by atoms with Crippen molar-refractivity contribution in [2.75, 3.05) is 0 Å². The summed E-state index contributed by atoms with van der Waals surface area (Å²) in [6.45, 7) is 3.54. The minimum absolute atomic E-state index is 0.0955. The van der Waals surface area contributed by atoms with Crippen molar-refractivity contribution < 1.29 is 4.79 Å². The van der Waals surface area contributed by atoms with E-state index < -0.39 is 0 Å². The van der Waals surface area contributed by atoms with Gasteiger partial charge in [0, 0.05) is 23.9 Å². The highest BCUT2D eigenvalue weighted by Crippen LogP contribution is 2.40. The first-order valence-corrected chi connectivity index (χ1v) is 5.39. The first-order valence-electron chi connectivity index (χ1n) is 5.39. The fourth-order valence-corrected chi connectivity index (χ4v) is 1.63. The van der Waals surface area contributed by atoms with Crippen molar-refractivity contribution in [3.05, 3.63) is 35.1 Å². The molecule has 0 saturated heterocycles. The zero-order chi connectivity index (χ0) is 11.7. The molecule has 1 aliphatic rings. The summed E-state index contributed by atoms with van der Waals surface area (Å²) in [5.41, 5.74) is 7.49. The summed E-state index contributed by atoms with van der Waals surface area (Å²) in [6.07, 6.45) is 5.27. The summed E-state index contributed by atoms with van der Waals surface area (Å²) in [4.78, 5) is 20.3. The van der Waals surface area contributed by atoms with Gasteiger partial charge >= 0.3 is 0 Å². The molecule has 0 spiro atoms. The lowest BCUT2D eigenvalue weighted by Crippen LogP contribution is -2.07. The van der Waals surface area contributed by atoms with E-state index in [-0.39, 0.29) is 5.78 Å².